The Balaban J connectivity index is 0. The van der Waals surface area contributed by atoms with E-state index in [1.807, 2.05) is 0 Å². The minimum atomic E-state index is -1.20. The van der Waals surface area contributed by atoms with Crippen LogP contribution in [0, 0.1) is 0 Å². The van der Waals surface area contributed by atoms with E-state index in [4.69, 9.17) is 5.53 Å². The maximum Gasteiger partial charge on any atom is 0.226 e. The van der Waals surface area contributed by atoms with Crippen molar-refractivity contribution < 1.29 is 4.79 Å². The Hall–Kier alpha value is -0.186. The van der Waals surface area contributed by atoms with E-state index in [0.29, 0.717) is 0 Å². The van der Waals surface area contributed by atoms with Crippen molar-refractivity contribution in [1.82, 2.24) is 0 Å². The Morgan fingerprint density at radius 1 is 0.917 bits per heavy atom. The van der Waals surface area contributed by atoms with Crippen LogP contribution in [0.4, 0.5) is 0 Å². The average Bonchev–Trinajstić information content (AvgIpc) is 1.54. The highest BCUT2D eigenvalue weighted by Crippen LogP contribution is 1.94. The first kappa shape index (κ1) is 14.3. The van der Waals surface area contributed by atoms with Crippen molar-refractivity contribution in [2.24, 2.45) is 0 Å². The van der Waals surface area contributed by atoms with Crippen molar-refractivity contribution in [3.05, 3.63) is 5.53 Å². The Bertz CT molecular complexity index is 153. The summed E-state index contributed by atoms with van der Waals surface area (Å²) in [6.07, 6.45) is 0. The molecule has 0 aliphatic rings. The van der Waals surface area contributed by atoms with Gasteiger partial charge in [-0.2, -0.15) is 4.79 Å². The van der Waals surface area contributed by atoms with Crippen molar-refractivity contribution >= 4 is 22.0 Å². The Labute approximate surface area is 78.6 Å². The number of hydrogen-bond acceptors (Lipinski definition) is 0. The molecule has 0 aromatic rings. The smallest absolute Gasteiger partial charge is 0.226 e. The molecule has 0 unspecified atom stereocenters. The highest BCUT2D eigenvalue weighted by molar-refractivity contribution is 6.98. The maximum absolute atomic E-state index is 8.01. The van der Waals surface area contributed by atoms with E-state index in [-0.39, 0.29) is 0 Å². The van der Waals surface area contributed by atoms with Gasteiger partial charge in [-0.15, -0.1) is 0 Å². The molecule has 0 aromatic heterocycles. The van der Waals surface area contributed by atoms with E-state index in [0.717, 1.165) is 0 Å². The molecule has 0 fully saturated rings. The molecule has 0 radical (unpaired) electrons. The fourth-order valence-electron chi connectivity index (χ4n) is 0.173. The van der Waals surface area contributed by atoms with Crippen LogP contribution in [0.25, 0.3) is 5.53 Å². The van der Waals surface area contributed by atoms with Gasteiger partial charge in [0.25, 0.3) is 0 Å². The fraction of sp³-hybridized carbons (Fsp3) is 0.875. The van der Waals surface area contributed by atoms with Crippen LogP contribution >= 0.6 is 0 Å². The first-order valence-electron chi connectivity index (χ1n) is 4.25. The number of hydrogen-bond donors (Lipinski definition) is 0. The summed E-state index contributed by atoms with van der Waals surface area (Å²) in [7, 11) is -1.81. The molecule has 2 nitrogen and oxygen atoms in total. The topological polar surface area (TPSA) is 36.4 Å². The molecular formula is C8H22N2Si2. The van der Waals surface area contributed by atoms with E-state index in [9.17, 15) is 0 Å². The SMILES string of the molecule is C[Si](C)(C)C.C[Si](C)(C)C=[N+]=[N-]. The van der Waals surface area contributed by atoms with E-state index in [2.05, 4.69) is 50.6 Å². The van der Waals surface area contributed by atoms with Gasteiger partial charge in [0.15, 0.2) is 8.07 Å². The largest absolute Gasteiger partial charge is 0.363 e. The molecule has 0 aliphatic heterocycles. The van der Waals surface area contributed by atoms with Crippen LogP contribution in [-0.4, -0.2) is 26.8 Å². The zero-order chi connectivity index (χ0) is 10.4. The maximum atomic E-state index is 8.01. The summed E-state index contributed by atoms with van der Waals surface area (Å²) in [4.78, 5) is 2.94. The summed E-state index contributed by atoms with van der Waals surface area (Å²) < 4.78 is 0. The van der Waals surface area contributed by atoms with E-state index in [1.54, 1.807) is 5.84 Å². The Kier molecular flexibility index (Phi) is 6.52. The minimum Gasteiger partial charge on any atom is -0.363 e. The van der Waals surface area contributed by atoms with Gasteiger partial charge in [0.1, 0.15) is 0 Å². The van der Waals surface area contributed by atoms with Crippen molar-refractivity contribution in [3.63, 3.8) is 0 Å². The van der Waals surface area contributed by atoms with E-state index in [1.165, 1.54) is 0 Å². The third-order valence-corrected chi connectivity index (χ3v) is 1.34. The molecule has 0 saturated carbocycles. The third-order valence-electron chi connectivity index (χ3n) is 0.445. The average molecular weight is 202 g/mol. The molecule has 0 bridgehead atoms. The van der Waals surface area contributed by atoms with Crippen molar-refractivity contribution in [2.45, 2.75) is 45.8 Å². The highest BCUT2D eigenvalue weighted by Gasteiger charge is 2.14. The summed E-state index contributed by atoms with van der Waals surface area (Å²) in [5, 5.41) is 0. The van der Waals surface area contributed by atoms with Gasteiger partial charge in [-0.3, -0.25) is 0 Å². The van der Waals surface area contributed by atoms with Gasteiger partial charge in [-0.05, 0) is 0 Å². The third kappa shape index (κ3) is 52.4. The second kappa shape index (κ2) is 5.46. The minimum absolute atomic E-state index is 0.611. The van der Waals surface area contributed by atoms with Crippen LogP contribution in [0.3, 0.4) is 0 Å². The lowest BCUT2D eigenvalue weighted by atomic mass is 11.7. The Morgan fingerprint density at radius 2 is 1.17 bits per heavy atom. The summed E-state index contributed by atoms with van der Waals surface area (Å²) in [6.45, 7) is 15.6. The van der Waals surface area contributed by atoms with Crippen LogP contribution < -0.4 is 0 Å². The Morgan fingerprint density at radius 3 is 1.17 bits per heavy atom. The van der Waals surface area contributed by atoms with Crippen molar-refractivity contribution in [3.8, 4) is 0 Å². The molecule has 0 aromatic carbocycles. The first-order valence-corrected chi connectivity index (χ1v) is 11.8. The lowest BCUT2D eigenvalue weighted by molar-refractivity contribution is 0.00680. The van der Waals surface area contributed by atoms with Crippen LogP contribution in [0.5, 0.6) is 0 Å². The summed E-state index contributed by atoms with van der Waals surface area (Å²) in [5.41, 5.74) is 8.01. The molecule has 0 aliphatic carbocycles. The van der Waals surface area contributed by atoms with Crippen molar-refractivity contribution in [2.75, 3.05) is 0 Å². The lowest BCUT2D eigenvalue weighted by Gasteiger charge is -2.01. The second-order valence-corrected chi connectivity index (χ2v) is 16.6. The number of rotatable bonds is 1. The van der Waals surface area contributed by atoms with Gasteiger partial charge >= 0.3 is 0 Å². The normalized spacial score (nSPS) is 10.9. The lowest BCUT2D eigenvalue weighted by Crippen LogP contribution is -2.22. The summed E-state index contributed by atoms with van der Waals surface area (Å²) in [6, 6.07) is 0. The molecular weight excluding hydrogens is 180 g/mol. The quantitative estimate of drug-likeness (QED) is 0.271. The van der Waals surface area contributed by atoms with Gasteiger partial charge in [0, 0.05) is 8.07 Å². The zero-order valence-corrected chi connectivity index (χ0v) is 11.5. The molecule has 0 saturated heterocycles. The first-order chi connectivity index (χ1) is 5.06. The summed E-state index contributed by atoms with van der Waals surface area (Å²) in [5.74, 6) is 1.63. The molecule has 0 rings (SSSR count). The van der Waals surface area contributed by atoms with Crippen LogP contribution in [0.2, 0.25) is 45.8 Å². The fourth-order valence-corrected chi connectivity index (χ4v) is 0.520. The predicted octanol–water partition coefficient (Wildman–Crippen LogP) is 3.12. The van der Waals surface area contributed by atoms with E-state index < -0.39 is 16.1 Å². The molecule has 12 heavy (non-hydrogen) atoms. The molecule has 0 heterocycles. The molecule has 72 valence electrons. The van der Waals surface area contributed by atoms with Crippen molar-refractivity contribution in [1.29, 1.82) is 0 Å². The molecule has 0 amide bonds. The molecule has 0 spiro atoms. The predicted molar refractivity (Wildman–Crippen MR) is 62.2 cm³/mol. The van der Waals surface area contributed by atoms with Gasteiger partial charge in [0.2, 0.25) is 5.84 Å². The van der Waals surface area contributed by atoms with E-state index >= 15 is 0 Å². The number of nitrogens with zero attached hydrogens (tertiary/aromatic N) is 2. The van der Waals surface area contributed by atoms with Crippen LogP contribution in [0.1, 0.15) is 0 Å². The zero-order valence-electron chi connectivity index (χ0n) is 9.47. The van der Waals surface area contributed by atoms with Gasteiger partial charge in [-0.25, -0.2) is 0 Å². The molecule has 0 N–H and O–H groups in total. The van der Waals surface area contributed by atoms with Gasteiger partial charge in [-0.1, -0.05) is 45.8 Å². The van der Waals surface area contributed by atoms with Gasteiger partial charge in [0.05, 0.1) is 0 Å². The highest BCUT2D eigenvalue weighted by atomic mass is 28.3. The summed E-state index contributed by atoms with van der Waals surface area (Å²) >= 11 is 0. The molecule has 4 heteroatoms. The monoisotopic (exact) mass is 202 g/mol. The van der Waals surface area contributed by atoms with Crippen LogP contribution in [-0.2, 0) is 0 Å². The molecule has 0 atom stereocenters. The van der Waals surface area contributed by atoms with Crippen LogP contribution in [0.15, 0.2) is 0 Å². The standard InChI is InChI=1S/C4H10N2Si.C4H12Si/c1-7(2,3)4-6-5;1-5(2,3)4/h4H,1-3H3;1-4H3. The van der Waals surface area contributed by atoms with Gasteiger partial charge < -0.3 is 5.53 Å². The second-order valence-electron chi connectivity index (χ2n) is 5.61.